The van der Waals surface area contributed by atoms with E-state index in [2.05, 4.69) is 20.7 Å². The number of rotatable bonds is 19. The average molecular weight is 723 g/mol. The normalized spacial score (nSPS) is 18.2. The van der Waals surface area contributed by atoms with Crippen molar-refractivity contribution in [3.63, 3.8) is 0 Å². The minimum Gasteiger partial charge on any atom is -0.371 e. The standard InChI is InChI=1S/C34H54N6O9S/c1-8-10-16-24(29(42)32(45)36-19-26(41)38-28(30(35)43)22-14-12-11-13-15-22)37-31(44)25-18-23(49-34(5,6)7)20-40(25)33(46)27(21(3)4)39-50(47,48)17-9-2/h11-15,21,23-25,27-28,39H,8-10,16-20H2,1-7H3,(H2,35,43)(H,36,45)(H,37,44)(H,38,41)/t23-,24?,25+,27+,28+/m1/s1. The Morgan fingerprint density at radius 3 is 2.18 bits per heavy atom. The Balaban J connectivity index is 2.24. The smallest absolute Gasteiger partial charge is 0.290 e. The molecule has 1 aromatic carbocycles. The molecule has 1 heterocycles. The first-order valence-corrected chi connectivity index (χ1v) is 18.7. The molecule has 1 aliphatic rings. The van der Waals surface area contributed by atoms with Gasteiger partial charge in [-0.1, -0.05) is 70.9 Å². The van der Waals surface area contributed by atoms with Gasteiger partial charge in [0.05, 0.1) is 30.0 Å². The quantitative estimate of drug-likeness (QED) is 0.127. The summed E-state index contributed by atoms with van der Waals surface area (Å²) in [6.45, 7) is 11.8. The number of unbranched alkanes of at least 4 members (excludes halogenated alkanes) is 1. The van der Waals surface area contributed by atoms with E-state index in [1.54, 1.807) is 51.1 Å². The summed E-state index contributed by atoms with van der Waals surface area (Å²) in [5, 5.41) is 7.31. The van der Waals surface area contributed by atoms with Crippen LogP contribution in [-0.2, 0) is 43.5 Å². The second kappa shape index (κ2) is 18.9. The molecule has 1 saturated heterocycles. The highest BCUT2D eigenvalue weighted by atomic mass is 32.2. The Bertz CT molecular complexity index is 1460. The second-order valence-corrected chi connectivity index (χ2v) is 15.7. The topological polar surface area (TPSA) is 223 Å². The van der Waals surface area contributed by atoms with Crippen molar-refractivity contribution in [3.05, 3.63) is 35.9 Å². The van der Waals surface area contributed by atoms with E-state index in [4.69, 9.17) is 10.5 Å². The van der Waals surface area contributed by atoms with Gasteiger partial charge in [-0.05, 0) is 45.1 Å². The van der Waals surface area contributed by atoms with Crippen molar-refractivity contribution in [1.82, 2.24) is 25.6 Å². The number of sulfonamides is 1. The number of carbonyl (C=O) groups excluding carboxylic acids is 6. The van der Waals surface area contributed by atoms with Gasteiger partial charge in [-0.3, -0.25) is 28.8 Å². The van der Waals surface area contributed by atoms with Crippen LogP contribution in [0, 0.1) is 5.92 Å². The number of nitrogens with two attached hydrogens (primary N) is 1. The molecule has 1 fully saturated rings. The molecule has 2 rings (SSSR count). The van der Waals surface area contributed by atoms with Crippen LogP contribution >= 0.6 is 0 Å². The molecule has 6 N–H and O–H groups in total. The maximum atomic E-state index is 13.9. The third-order valence-electron chi connectivity index (χ3n) is 7.92. The number of primary amides is 1. The highest BCUT2D eigenvalue weighted by Gasteiger charge is 2.45. The molecule has 5 amide bonds. The molecular weight excluding hydrogens is 668 g/mol. The van der Waals surface area contributed by atoms with Gasteiger partial charge in [-0.25, -0.2) is 13.1 Å². The average Bonchev–Trinajstić information content (AvgIpc) is 3.45. The van der Waals surface area contributed by atoms with Crippen molar-refractivity contribution in [1.29, 1.82) is 0 Å². The summed E-state index contributed by atoms with van der Waals surface area (Å²) in [4.78, 5) is 79.9. The van der Waals surface area contributed by atoms with Crippen LogP contribution in [0.3, 0.4) is 0 Å². The summed E-state index contributed by atoms with van der Waals surface area (Å²) in [5.74, 6) is -5.66. The van der Waals surface area contributed by atoms with Gasteiger partial charge in [-0.2, -0.15) is 0 Å². The molecule has 50 heavy (non-hydrogen) atoms. The fourth-order valence-electron chi connectivity index (χ4n) is 5.57. The summed E-state index contributed by atoms with van der Waals surface area (Å²) in [5.41, 5.74) is 5.26. The molecule has 1 aliphatic heterocycles. The lowest BCUT2D eigenvalue weighted by Gasteiger charge is -2.31. The number of ketones is 1. The maximum absolute atomic E-state index is 13.9. The lowest BCUT2D eigenvalue weighted by molar-refractivity contribution is -0.143. The third-order valence-corrected chi connectivity index (χ3v) is 9.47. The van der Waals surface area contributed by atoms with Crippen molar-refractivity contribution in [2.24, 2.45) is 11.7 Å². The van der Waals surface area contributed by atoms with Crippen LogP contribution < -0.4 is 26.4 Å². The van der Waals surface area contributed by atoms with Crippen molar-refractivity contribution in [2.75, 3.05) is 18.8 Å². The Labute approximate surface area is 295 Å². The molecule has 0 saturated carbocycles. The van der Waals surface area contributed by atoms with Gasteiger partial charge < -0.3 is 31.3 Å². The largest absolute Gasteiger partial charge is 0.371 e. The van der Waals surface area contributed by atoms with Crippen LogP contribution in [0.25, 0.3) is 0 Å². The highest BCUT2D eigenvalue weighted by Crippen LogP contribution is 2.27. The van der Waals surface area contributed by atoms with E-state index >= 15 is 0 Å². The summed E-state index contributed by atoms with van der Waals surface area (Å²) in [6, 6.07) is 3.54. The Morgan fingerprint density at radius 1 is 1.00 bits per heavy atom. The number of hydrogen-bond acceptors (Lipinski definition) is 9. The molecule has 15 nitrogen and oxygen atoms in total. The minimum atomic E-state index is -3.79. The first-order chi connectivity index (χ1) is 23.3. The monoisotopic (exact) mass is 722 g/mol. The lowest BCUT2D eigenvalue weighted by atomic mass is 10.0. The predicted molar refractivity (Wildman–Crippen MR) is 187 cm³/mol. The van der Waals surface area contributed by atoms with Gasteiger partial charge in [0.25, 0.3) is 5.91 Å². The fraction of sp³-hybridized carbons (Fsp3) is 0.647. The molecule has 16 heteroatoms. The second-order valence-electron chi connectivity index (χ2n) is 13.8. The van der Waals surface area contributed by atoms with E-state index < -0.39 is 93.7 Å². The summed E-state index contributed by atoms with van der Waals surface area (Å²) >= 11 is 0. The molecule has 280 valence electrons. The lowest BCUT2D eigenvalue weighted by Crippen LogP contribution is -2.57. The molecule has 0 bridgehead atoms. The number of likely N-dealkylation sites (tertiary alicyclic amines) is 1. The van der Waals surface area contributed by atoms with E-state index in [0.717, 1.165) is 0 Å². The van der Waals surface area contributed by atoms with Gasteiger partial charge in [0.1, 0.15) is 18.1 Å². The molecule has 0 aliphatic carbocycles. The molecule has 5 atom stereocenters. The number of hydrogen-bond donors (Lipinski definition) is 5. The predicted octanol–water partition coefficient (Wildman–Crippen LogP) is 0.828. The van der Waals surface area contributed by atoms with Gasteiger partial charge in [-0.15, -0.1) is 0 Å². The summed E-state index contributed by atoms with van der Waals surface area (Å²) in [7, 11) is -3.79. The van der Waals surface area contributed by atoms with Crippen LogP contribution in [0.5, 0.6) is 0 Å². The molecule has 0 spiro atoms. The molecule has 1 unspecified atom stereocenters. The first-order valence-electron chi connectivity index (χ1n) is 17.0. The maximum Gasteiger partial charge on any atom is 0.290 e. The number of amides is 5. The highest BCUT2D eigenvalue weighted by molar-refractivity contribution is 7.89. The van der Waals surface area contributed by atoms with E-state index in [9.17, 15) is 37.2 Å². The number of ether oxygens (including phenoxy) is 1. The number of nitrogens with zero attached hydrogens (tertiary/aromatic N) is 1. The zero-order chi connectivity index (χ0) is 37.8. The van der Waals surface area contributed by atoms with E-state index in [0.29, 0.717) is 24.8 Å². The Hall–Kier alpha value is -3.89. The fourth-order valence-corrected chi connectivity index (χ4v) is 6.99. The third kappa shape index (κ3) is 13.1. The zero-order valence-electron chi connectivity index (χ0n) is 30.1. The van der Waals surface area contributed by atoms with Gasteiger partial charge in [0, 0.05) is 13.0 Å². The van der Waals surface area contributed by atoms with Crippen molar-refractivity contribution < 1.29 is 41.9 Å². The van der Waals surface area contributed by atoms with Crippen LogP contribution in [-0.4, -0.2) is 97.3 Å². The van der Waals surface area contributed by atoms with Gasteiger partial charge >= 0.3 is 0 Å². The van der Waals surface area contributed by atoms with Crippen molar-refractivity contribution >= 4 is 45.3 Å². The number of benzene rings is 1. The summed E-state index contributed by atoms with van der Waals surface area (Å²) < 4.78 is 33.9. The summed E-state index contributed by atoms with van der Waals surface area (Å²) in [6.07, 6.45) is 1.07. The zero-order valence-corrected chi connectivity index (χ0v) is 30.9. The van der Waals surface area contributed by atoms with Crippen LogP contribution in [0.4, 0.5) is 0 Å². The van der Waals surface area contributed by atoms with Gasteiger partial charge in [0.15, 0.2) is 0 Å². The number of nitrogens with one attached hydrogen (secondary N) is 4. The SMILES string of the molecule is CCCCC(NC(=O)[C@@H]1C[C@@H](OC(C)(C)C)CN1C(=O)[C@@H](NS(=O)(=O)CCC)C(C)C)C(=O)C(=O)NCC(=O)N[C@H](C(N)=O)c1ccccc1. The van der Waals surface area contributed by atoms with E-state index in [1.165, 1.54) is 4.90 Å². The van der Waals surface area contributed by atoms with Crippen LogP contribution in [0.15, 0.2) is 30.3 Å². The number of carbonyl (C=O) groups is 6. The van der Waals surface area contributed by atoms with Crippen molar-refractivity contribution in [2.45, 2.75) is 116 Å². The Kier molecular flexibility index (Phi) is 16.0. The Morgan fingerprint density at radius 2 is 1.64 bits per heavy atom. The molecule has 0 radical (unpaired) electrons. The van der Waals surface area contributed by atoms with Gasteiger partial charge in [0.2, 0.25) is 39.4 Å². The van der Waals surface area contributed by atoms with Crippen LogP contribution in [0.2, 0.25) is 0 Å². The van der Waals surface area contributed by atoms with Crippen LogP contribution in [0.1, 0.15) is 92.2 Å². The first kappa shape index (κ1) is 42.3. The van der Waals surface area contributed by atoms with E-state index in [-0.39, 0.29) is 25.1 Å². The molecular formula is C34H54N6O9S. The minimum absolute atomic E-state index is 0.00532. The van der Waals surface area contributed by atoms with Crippen molar-refractivity contribution in [3.8, 4) is 0 Å². The molecule has 1 aromatic rings. The number of Topliss-reactive ketones (excluding diaryl/α,β-unsaturated/α-hetero) is 1. The molecule has 0 aromatic heterocycles. The van der Waals surface area contributed by atoms with E-state index in [1.807, 2.05) is 27.7 Å².